The molecule has 0 aliphatic rings. The molecule has 0 bridgehead atoms. The van der Waals surface area contributed by atoms with E-state index in [0.29, 0.717) is 6.42 Å². The number of methoxy groups -OCH3 is 1. The zero-order valence-corrected chi connectivity index (χ0v) is 15.8. The third-order valence-corrected chi connectivity index (χ3v) is 4.58. The highest BCUT2D eigenvalue weighted by Crippen LogP contribution is 2.13. The maximum atomic E-state index is 11.1. The van der Waals surface area contributed by atoms with Crippen LogP contribution in [0.25, 0.3) is 0 Å². The Labute approximate surface area is 144 Å². The third-order valence-electron chi connectivity index (χ3n) is 4.58. The predicted octanol–water partition coefficient (Wildman–Crippen LogP) is 5.75. The van der Waals surface area contributed by atoms with Crippen molar-refractivity contribution in [2.45, 2.75) is 116 Å². The number of carbonyl (C=O) groups excluding carboxylic acids is 1. The Morgan fingerprint density at radius 1 is 0.783 bits per heavy atom. The first-order valence-corrected chi connectivity index (χ1v) is 10.0. The van der Waals surface area contributed by atoms with E-state index in [1.54, 1.807) is 0 Å². The van der Waals surface area contributed by atoms with Crippen molar-refractivity contribution >= 4 is 5.97 Å². The average molecular weight is 328 g/mol. The molecule has 1 unspecified atom stereocenters. The summed E-state index contributed by atoms with van der Waals surface area (Å²) < 4.78 is 4.63. The maximum Gasteiger partial charge on any atom is 0.307 e. The molecule has 0 aromatic heterocycles. The minimum absolute atomic E-state index is 0.0280. The Hall–Kier alpha value is -0.570. The molecule has 0 amide bonds. The van der Waals surface area contributed by atoms with Gasteiger partial charge in [0.1, 0.15) is 0 Å². The van der Waals surface area contributed by atoms with Gasteiger partial charge in [-0.2, -0.15) is 0 Å². The van der Waals surface area contributed by atoms with Gasteiger partial charge in [-0.15, -0.1) is 0 Å². The number of unbranched alkanes of at least 4 members (excludes halogenated alkanes) is 13. The third kappa shape index (κ3) is 17.6. The number of esters is 1. The standard InChI is InChI=1S/C20H41NO2/c1-3-4-5-6-7-8-9-10-11-12-13-14-15-16-17-19(21)18-20(22)23-2/h19H,3-18,21H2,1-2H3. The summed E-state index contributed by atoms with van der Waals surface area (Å²) in [6, 6.07) is -0.0280. The quantitative estimate of drug-likeness (QED) is 0.273. The van der Waals surface area contributed by atoms with Gasteiger partial charge in [-0.3, -0.25) is 4.79 Å². The molecule has 3 nitrogen and oxygen atoms in total. The number of hydrogen-bond acceptors (Lipinski definition) is 3. The molecule has 0 aliphatic carbocycles. The lowest BCUT2D eigenvalue weighted by molar-refractivity contribution is -0.141. The van der Waals surface area contributed by atoms with E-state index in [0.717, 1.165) is 12.8 Å². The Morgan fingerprint density at radius 3 is 1.57 bits per heavy atom. The molecule has 0 heterocycles. The smallest absolute Gasteiger partial charge is 0.307 e. The number of nitrogens with two attached hydrogens (primary N) is 1. The van der Waals surface area contributed by atoms with Gasteiger partial charge in [0.2, 0.25) is 0 Å². The summed E-state index contributed by atoms with van der Waals surface area (Å²) in [6.45, 7) is 2.27. The molecule has 2 N–H and O–H groups in total. The van der Waals surface area contributed by atoms with Crippen LogP contribution in [0.1, 0.15) is 110 Å². The first-order chi connectivity index (χ1) is 11.2. The number of ether oxygens (including phenoxy) is 1. The Bertz CT molecular complexity index is 256. The second kappa shape index (κ2) is 17.8. The van der Waals surface area contributed by atoms with Crippen molar-refractivity contribution in [3.05, 3.63) is 0 Å². The van der Waals surface area contributed by atoms with Gasteiger partial charge < -0.3 is 10.5 Å². The minimum Gasteiger partial charge on any atom is -0.469 e. The van der Waals surface area contributed by atoms with Crippen LogP contribution in [0.15, 0.2) is 0 Å². The van der Waals surface area contributed by atoms with Gasteiger partial charge in [0.05, 0.1) is 13.5 Å². The van der Waals surface area contributed by atoms with Crippen LogP contribution in [-0.2, 0) is 9.53 Å². The molecule has 0 rings (SSSR count). The summed E-state index contributed by atoms with van der Waals surface area (Å²) in [5.74, 6) is -0.192. The van der Waals surface area contributed by atoms with Crippen LogP contribution < -0.4 is 5.73 Å². The SMILES string of the molecule is CCCCCCCCCCCCCCCCC(N)CC(=O)OC. The zero-order chi connectivity index (χ0) is 17.2. The molecule has 1 atom stereocenters. The molecule has 3 heteroatoms. The van der Waals surface area contributed by atoms with E-state index in [-0.39, 0.29) is 12.0 Å². The predicted molar refractivity (Wildman–Crippen MR) is 99.5 cm³/mol. The van der Waals surface area contributed by atoms with Gasteiger partial charge in [0, 0.05) is 6.04 Å². The van der Waals surface area contributed by atoms with Crippen molar-refractivity contribution in [2.24, 2.45) is 5.73 Å². The van der Waals surface area contributed by atoms with Crippen LogP contribution in [0.3, 0.4) is 0 Å². The van der Waals surface area contributed by atoms with Gasteiger partial charge in [-0.25, -0.2) is 0 Å². The first kappa shape index (κ1) is 22.4. The molecular formula is C20H41NO2. The van der Waals surface area contributed by atoms with Crippen molar-refractivity contribution in [3.8, 4) is 0 Å². The highest BCUT2D eigenvalue weighted by atomic mass is 16.5. The van der Waals surface area contributed by atoms with Crippen LogP contribution in [0, 0.1) is 0 Å². The van der Waals surface area contributed by atoms with Gasteiger partial charge in [-0.1, -0.05) is 96.8 Å². The van der Waals surface area contributed by atoms with Gasteiger partial charge >= 0.3 is 5.97 Å². The van der Waals surface area contributed by atoms with Crippen LogP contribution in [0.2, 0.25) is 0 Å². The van der Waals surface area contributed by atoms with Crippen LogP contribution >= 0.6 is 0 Å². The fourth-order valence-corrected chi connectivity index (χ4v) is 3.00. The van der Waals surface area contributed by atoms with Crippen molar-refractivity contribution in [3.63, 3.8) is 0 Å². The molecule has 23 heavy (non-hydrogen) atoms. The summed E-state index contributed by atoms with van der Waals surface area (Å²) in [6.07, 6.45) is 20.4. The molecular weight excluding hydrogens is 286 g/mol. The molecule has 0 fully saturated rings. The normalized spacial score (nSPS) is 12.3. The van der Waals surface area contributed by atoms with E-state index in [9.17, 15) is 4.79 Å². The Balaban J connectivity index is 3.12. The van der Waals surface area contributed by atoms with Gasteiger partial charge in [0.15, 0.2) is 0 Å². The zero-order valence-electron chi connectivity index (χ0n) is 15.8. The highest BCUT2D eigenvalue weighted by molar-refractivity contribution is 5.69. The molecule has 0 aromatic rings. The Morgan fingerprint density at radius 2 is 1.17 bits per heavy atom. The molecule has 0 radical (unpaired) electrons. The summed E-state index contributed by atoms with van der Waals surface area (Å²) in [7, 11) is 1.42. The minimum atomic E-state index is -0.192. The van der Waals surface area contributed by atoms with E-state index in [1.807, 2.05) is 0 Å². The van der Waals surface area contributed by atoms with Crippen molar-refractivity contribution < 1.29 is 9.53 Å². The summed E-state index contributed by atoms with van der Waals surface area (Å²) in [5.41, 5.74) is 5.90. The van der Waals surface area contributed by atoms with Crippen LogP contribution in [-0.4, -0.2) is 19.1 Å². The second-order valence-corrected chi connectivity index (χ2v) is 6.93. The lowest BCUT2D eigenvalue weighted by atomic mass is 10.0. The average Bonchev–Trinajstić information content (AvgIpc) is 2.55. The number of carbonyl (C=O) groups is 1. The number of hydrogen-bond donors (Lipinski definition) is 1. The summed E-state index contributed by atoms with van der Waals surface area (Å²) in [5, 5.41) is 0. The topological polar surface area (TPSA) is 52.3 Å². The first-order valence-electron chi connectivity index (χ1n) is 10.0. The van der Waals surface area contributed by atoms with Gasteiger partial charge in [-0.05, 0) is 6.42 Å². The van der Waals surface area contributed by atoms with Crippen LogP contribution in [0.5, 0.6) is 0 Å². The lowest BCUT2D eigenvalue weighted by Crippen LogP contribution is -2.24. The largest absolute Gasteiger partial charge is 0.469 e. The van der Waals surface area contributed by atoms with E-state index < -0.39 is 0 Å². The molecule has 0 aromatic carbocycles. The molecule has 0 aliphatic heterocycles. The van der Waals surface area contributed by atoms with E-state index in [4.69, 9.17) is 5.73 Å². The number of rotatable bonds is 17. The molecule has 138 valence electrons. The maximum absolute atomic E-state index is 11.1. The Kier molecular flexibility index (Phi) is 17.3. The van der Waals surface area contributed by atoms with E-state index in [2.05, 4.69) is 11.7 Å². The van der Waals surface area contributed by atoms with Crippen LogP contribution in [0.4, 0.5) is 0 Å². The highest BCUT2D eigenvalue weighted by Gasteiger charge is 2.08. The summed E-state index contributed by atoms with van der Waals surface area (Å²) in [4.78, 5) is 11.1. The van der Waals surface area contributed by atoms with E-state index >= 15 is 0 Å². The van der Waals surface area contributed by atoms with E-state index in [1.165, 1.54) is 90.6 Å². The fraction of sp³-hybridized carbons (Fsp3) is 0.950. The van der Waals surface area contributed by atoms with Crippen molar-refractivity contribution in [2.75, 3.05) is 7.11 Å². The molecule has 0 saturated heterocycles. The van der Waals surface area contributed by atoms with Gasteiger partial charge in [0.25, 0.3) is 0 Å². The molecule has 0 spiro atoms. The van der Waals surface area contributed by atoms with Crippen molar-refractivity contribution in [1.82, 2.24) is 0 Å². The monoisotopic (exact) mass is 327 g/mol. The fourth-order valence-electron chi connectivity index (χ4n) is 3.00. The van der Waals surface area contributed by atoms with Crippen molar-refractivity contribution in [1.29, 1.82) is 0 Å². The lowest BCUT2D eigenvalue weighted by Gasteiger charge is -2.09. The second-order valence-electron chi connectivity index (χ2n) is 6.93. The summed E-state index contributed by atoms with van der Waals surface area (Å²) >= 11 is 0. The molecule has 0 saturated carbocycles.